The van der Waals surface area contributed by atoms with Crippen LogP contribution in [0.4, 0.5) is 0 Å². The van der Waals surface area contributed by atoms with Gasteiger partial charge in [0.2, 0.25) is 0 Å². The first-order valence-corrected chi connectivity index (χ1v) is 3.78. The summed E-state index contributed by atoms with van der Waals surface area (Å²) >= 11 is 0. The van der Waals surface area contributed by atoms with Gasteiger partial charge in [-0.3, -0.25) is 0 Å². The van der Waals surface area contributed by atoms with Gasteiger partial charge in [0.1, 0.15) is 5.76 Å². The minimum atomic E-state index is 0.462. The second-order valence-electron chi connectivity index (χ2n) is 2.95. The Labute approximate surface area is 62.1 Å². The molecule has 1 aliphatic carbocycles. The predicted molar refractivity (Wildman–Crippen MR) is 42.9 cm³/mol. The Morgan fingerprint density at radius 2 is 2.50 bits per heavy atom. The van der Waals surface area contributed by atoms with E-state index in [1.165, 1.54) is 0 Å². The molecule has 1 nitrogen and oxygen atoms in total. The summed E-state index contributed by atoms with van der Waals surface area (Å²) in [7, 11) is 0. The van der Waals surface area contributed by atoms with Crippen LogP contribution in [0.2, 0.25) is 0 Å². The largest absolute Gasteiger partial charge is 0.508 e. The van der Waals surface area contributed by atoms with Crippen molar-refractivity contribution in [3.8, 4) is 0 Å². The van der Waals surface area contributed by atoms with Gasteiger partial charge < -0.3 is 5.11 Å². The molecular formula is C9H14O. The monoisotopic (exact) mass is 138 g/mol. The molecule has 0 saturated carbocycles. The van der Waals surface area contributed by atoms with Crippen LogP contribution in [0.3, 0.4) is 0 Å². The Morgan fingerprint density at radius 3 is 2.90 bits per heavy atom. The van der Waals surface area contributed by atoms with Gasteiger partial charge >= 0.3 is 0 Å². The van der Waals surface area contributed by atoms with Crippen molar-refractivity contribution in [1.29, 1.82) is 0 Å². The van der Waals surface area contributed by atoms with Gasteiger partial charge in [-0.15, -0.1) is 0 Å². The molecule has 1 heteroatoms. The lowest BCUT2D eigenvalue weighted by atomic mass is 10.1. The van der Waals surface area contributed by atoms with E-state index in [1.54, 1.807) is 6.08 Å². The molecule has 0 radical (unpaired) electrons. The van der Waals surface area contributed by atoms with E-state index in [-0.39, 0.29) is 0 Å². The Hall–Kier alpha value is -0.720. The van der Waals surface area contributed by atoms with Crippen LogP contribution in [0, 0.1) is 5.92 Å². The zero-order chi connectivity index (χ0) is 7.56. The fourth-order valence-corrected chi connectivity index (χ4v) is 1.28. The summed E-state index contributed by atoms with van der Waals surface area (Å²) in [6, 6.07) is 0. The van der Waals surface area contributed by atoms with E-state index in [1.807, 2.05) is 6.92 Å². The van der Waals surface area contributed by atoms with E-state index < -0.39 is 0 Å². The molecule has 0 aliphatic heterocycles. The fraction of sp³-hybridized carbons (Fsp3) is 0.556. The fourth-order valence-electron chi connectivity index (χ4n) is 1.28. The molecule has 0 unspecified atom stereocenters. The van der Waals surface area contributed by atoms with Gasteiger partial charge in [-0.25, -0.2) is 0 Å². The van der Waals surface area contributed by atoms with Crippen LogP contribution in [-0.4, -0.2) is 5.11 Å². The Kier molecular flexibility index (Phi) is 2.15. The zero-order valence-corrected chi connectivity index (χ0v) is 6.59. The SMILES string of the molecule is C/C=C(/O)C1=CC[C@H](C)C1. The van der Waals surface area contributed by atoms with Crippen LogP contribution in [0.25, 0.3) is 0 Å². The average molecular weight is 138 g/mol. The van der Waals surface area contributed by atoms with Crippen molar-refractivity contribution in [3.63, 3.8) is 0 Å². The molecule has 0 fully saturated rings. The molecule has 1 rings (SSSR count). The summed E-state index contributed by atoms with van der Waals surface area (Å²) in [5.74, 6) is 1.18. The van der Waals surface area contributed by atoms with Crippen molar-refractivity contribution < 1.29 is 5.11 Å². The minimum absolute atomic E-state index is 0.462. The molecule has 0 aromatic carbocycles. The summed E-state index contributed by atoms with van der Waals surface area (Å²) in [6.07, 6.45) is 6.04. The van der Waals surface area contributed by atoms with Crippen LogP contribution < -0.4 is 0 Å². The molecular weight excluding hydrogens is 124 g/mol. The Morgan fingerprint density at radius 1 is 1.80 bits per heavy atom. The molecule has 0 spiro atoms. The van der Waals surface area contributed by atoms with Gasteiger partial charge in [0.25, 0.3) is 0 Å². The molecule has 0 bridgehead atoms. The smallest absolute Gasteiger partial charge is 0.114 e. The van der Waals surface area contributed by atoms with Gasteiger partial charge in [-0.1, -0.05) is 13.0 Å². The first-order chi connectivity index (χ1) is 4.74. The Bertz CT molecular complexity index is 177. The molecule has 0 saturated heterocycles. The maximum Gasteiger partial charge on any atom is 0.114 e. The van der Waals surface area contributed by atoms with Crippen molar-refractivity contribution in [2.45, 2.75) is 26.7 Å². The van der Waals surface area contributed by atoms with Gasteiger partial charge in [-0.2, -0.15) is 0 Å². The van der Waals surface area contributed by atoms with Crippen LogP contribution in [-0.2, 0) is 0 Å². The first kappa shape index (κ1) is 7.39. The third kappa shape index (κ3) is 1.41. The third-order valence-electron chi connectivity index (χ3n) is 1.94. The second-order valence-corrected chi connectivity index (χ2v) is 2.95. The third-order valence-corrected chi connectivity index (χ3v) is 1.94. The van der Waals surface area contributed by atoms with Gasteiger partial charge in [0.05, 0.1) is 0 Å². The predicted octanol–water partition coefficient (Wildman–Crippen LogP) is 2.80. The molecule has 56 valence electrons. The molecule has 1 N–H and O–H groups in total. The van der Waals surface area contributed by atoms with E-state index in [4.69, 9.17) is 0 Å². The molecule has 0 heterocycles. The zero-order valence-electron chi connectivity index (χ0n) is 6.59. The average Bonchev–Trinajstić information content (AvgIpc) is 2.34. The highest BCUT2D eigenvalue weighted by Gasteiger charge is 2.13. The van der Waals surface area contributed by atoms with E-state index in [0.29, 0.717) is 5.76 Å². The van der Waals surface area contributed by atoms with Crippen molar-refractivity contribution in [3.05, 3.63) is 23.5 Å². The van der Waals surface area contributed by atoms with Gasteiger partial charge in [-0.05, 0) is 37.3 Å². The number of rotatable bonds is 1. The van der Waals surface area contributed by atoms with Crippen LogP contribution in [0.15, 0.2) is 23.5 Å². The van der Waals surface area contributed by atoms with Crippen LogP contribution >= 0.6 is 0 Å². The molecule has 10 heavy (non-hydrogen) atoms. The van der Waals surface area contributed by atoms with E-state index >= 15 is 0 Å². The normalized spacial score (nSPS) is 26.8. The number of hydrogen-bond donors (Lipinski definition) is 1. The highest BCUT2D eigenvalue weighted by Crippen LogP contribution is 2.27. The van der Waals surface area contributed by atoms with Crippen LogP contribution in [0.1, 0.15) is 26.7 Å². The molecule has 0 amide bonds. The number of allylic oxidation sites excluding steroid dienone is 3. The summed E-state index contributed by atoms with van der Waals surface area (Å²) in [6.45, 7) is 4.06. The van der Waals surface area contributed by atoms with Crippen molar-refractivity contribution in [2.24, 2.45) is 5.92 Å². The summed E-state index contributed by atoms with van der Waals surface area (Å²) in [5.41, 5.74) is 1.12. The molecule has 0 aromatic rings. The van der Waals surface area contributed by atoms with Crippen molar-refractivity contribution in [2.75, 3.05) is 0 Å². The lowest BCUT2D eigenvalue weighted by Gasteiger charge is -2.01. The molecule has 1 aliphatic rings. The van der Waals surface area contributed by atoms with Crippen molar-refractivity contribution >= 4 is 0 Å². The lowest BCUT2D eigenvalue weighted by Crippen LogP contribution is -1.88. The Balaban J connectivity index is 2.60. The molecule has 0 aromatic heterocycles. The van der Waals surface area contributed by atoms with Gasteiger partial charge in [0.15, 0.2) is 0 Å². The van der Waals surface area contributed by atoms with E-state index in [2.05, 4.69) is 13.0 Å². The highest BCUT2D eigenvalue weighted by atomic mass is 16.3. The first-order valence-electron chi connectivity index (χ1n) is 3.78. The standard InChI is InChI=1S/C9H14O/c1-3-9(10)8-5-4-7(2)6-8/h3,5,7,10H,4,6H2,1-2H3/b9-3+/t7-/m0/s1. The van der Waals surface area contributed by atoms with Gasteiger partial charge in [0, 0.05) is 0 Å². The summed E-state index contributed by atoms with van der Waals surface area (Å²) < 4.78 is 0. The number of aliphatic hydroxyl groups excluding tert-OH is 1. The van der Waals surface area contributed by atoms with Crippen LogP contribution in [0.5, 0.6) is 0 Å². The number of aliphatic hydroxyl groups is 1. The second kappa shape index (κ2) is 2.91. The maximum absolute atomic E-state index is 9.27. The number of hydrogen-bond acceptors (Lipinski definition) is 1. The summed E-state index contributed by atoms with van der Waals surface area (Å²) in [5, 5.41) is 9.27. The topological polar surface area (TPSA) is 20.2 Å². The van der Waals surface area contributed by atoms with E-state index in [9.17, 15) is 5.11 Å². The van der Waals surface area contributed by atoms with Crippen molar-refractivity contribution in [1.82, 2.24) is 0 Å². The minimum Gasteiger partial charge on any atom is -0.508 e. The molecule has 1 atom stereocenters. The quantitative estimate of drug-likeness (QED) is 0.552. The maximum atomic E-state index is 9.27. The summed E-state index contributed by atoms with van der Waals surface area (Å²) in [4.78, 5) is 0. The van der Waals surface area contributed by atoms with E-state index in [0.717, 1.165) is 24.3 Å². The highest BCUT2D eigenvalue weighted by molar-refractivity contribution is 5.27. The lowest BCUT2D eigenvalue weighted by molar-refractivity contribution is 0.416.